The number of amides is 3. The van der Waals surface area contributed by atoms with Crippen LogP contribution in [0.4, 0.5) is 10.5 Å². The molecule has 0 spiro atoms. The molecule has 0 aliphatic carbocycles. The van der Waals surface area contributed by atoms with E-state index in [-0.39, 0.29) is 11.8 Å². The summed E-state index contributed by atoms with van der Waals surface area (Å²) in [5.74, 6) is -0.204. The maximum absolute atomic E-state index is 12.1. The van der Waals surface area contributed by atoms with E-state index in [0.29, 0.717) is 11.3 Å². The Balaban J connectivity index is 2.30. The molecule has 1 atom stereocenters. The van der Waals surface area contributed by atoms with Crippen molar-refractivity contribution in [3.05, 3.63) is 29.8 Å². The monoisotopic (exact) mass is 243 g/mol. The number of carbonyl (C=O) groups excluding carboxylic acids is 2. The number of hydrogen-bond donors (Lipinski definition) is 1. The van der Waals surface area contributed by atoms with Gasteiger partial charge in [-0.05, 0) is 30.2 Å². The van der Waals surface area contributed by atoms with E-state index in [4.69, 9.17) is 5.26 Å². The van der Waals surface area contributed by atoms with Crippen LogP contribution in [0.15, 0.2) is 24.3 Å². The maximum atomic E-state index is 12.1. The number of rotatable bonds is 2. The summed E-state index contributed by atoms with van der Waals surface area (Å²) in [4.78, 5) is 25.0. The highest BCUT2D eigenvalue weighted by molar-refractivity contribution is 6.21. The van der Waals surface area contributed by atoms with E-state index in [9.17, 15) is 9.59 Å². The Morgan fingerprint density at radius 3 is 2.33 bits per heavy atom. The summed E-state index contributed by atoms with van der Waals surface area (Å²) >= 11 is 0. The van der Waals surface area contributed by atoms with Crippen molar-refractivity contribution in [1.29, 1.82) is 5.26 Å². The quantitative estimate of drug-likeness (QED) is 0.802. The zero-order chi connectivity index (χ0) is 13.3. The molecule has 1 aliphatic heterocycles. The van der Waals surface area contributed by atoms with Gasteiger partial charge in [-0.3, -0.25) is 4.79 Å². The van der Waals surface area contributed by atoms with Crippen molar-refractivity contribution < 1.29 is 9.59 Å². The standard InChI is InChI=1S/C13H13N3O2/c1-8(2)11-12(17)16(13(18)15-11)10-5-3-9(7-14)4-6-10/h3-6,8,11H,1-2H3,(H,15,18). The number of nitrogens with one attached hydrogen (secondary N) is 1. The molecule has 0 saturated carbocycles. The molecule has 2 rings (SSSR count). The Morgan fingerprint density at radius 2 is 1.89 bits per heavy atom. The van der Waals surface area contributed by atoms with E-state index in [2.05, 4.69) is 5.32 Å². The number of benzene rings is 1. The van der Waals surface area contributed by atoms with Gasteiger partial charge in [-0.25, -0.2) is 9.69 Å². The molecule has 18 heavy (non-hydrogen) atoms. The molecular weight excluding hydrogens is 230 g/mol. The summed E-state index contributed by atoms with van der Waals surface area (Å²) in [6.07, 6.45) is 0. The van der Waals surface area contributed by atoms with Gasteiger partial charge >= 0.3 is 6.03 Å². The summed E-state index contributed by atoms with van der Waals surface area (Å²) < 4.78 is 0. The fourth-order valence-corrected chi connectivity index (χ4v) is 1.88. The second kappa shape index (κ2) is 4.49. The fourth-order valence-electron chi connectivity index (χ4n) is 1.88. The topological polar surface area (TPSA) is 73.2 Å². The van der Waals surface area contributed by atoms with Crippen LogP contribution in [0.5, 0.6) is 0 Å². The molecule has 1 saturated heterocycles. The van der Waals surface area contributed by atoms with Crippen molar-refractivity contribution in [2.45, 2.75) is 19.9 Å². The molecule has 0 radical (unpaired) electrons. The van der Waals surface area contributed by atoms with Gasteiger partial charge in [-0.1, -0.05) is 13.8 Å². The van der Waals surface area contributed by atoms with Crippen LogP contribution in [0.25, 0.3) is 0 Å². The lowest BCUT2D eigenvalue weighted by molar-refractivity contribution is -0.119. The predicted molar refractivity (Wildman–Crippen MR) is 65.8 cm³/mol. The van der Waals surface area contributed by atoms with Crippen molar-refractivity contribution in [1.82, 2.24) is 5.32 Å². The highest BCUT2D eigenvalue weighted by Gasteiger charge is 2.40. The summed E-state index contributed by atoms with van der Waals surface area (Å²) in [6.45, 7) is 3.76. The van der Waals surface area contributed by atoms with Crippen molar-refractivity contribution in [3.8, 4) is 6.07 Å². The van der Waals surface area contributed by atoms with Crippen molar-refractivity contribution in [3.63, 3.8) is 0 Å². The molecule has 1 aromatic carbocycles. The molecule has 3 amide bonds. The number of hydrogen-bond acceptors (Lipinski definition) is 3. The molecule has 92 valence electrons. The number of anilines is 1. The number of urea groups is 1. The van der Waals surface area contributed by atoms with E-state index >= 15 is 0 Å². The molecular formula is C13H13N3O2. The van der Waals surface area contributed by atoms with Crippen LogP contribution < -0.4 is 10.2 Å². The third-order valence-corrected chi connectivity index (χ3v) is 2.89. The van der Waals surface area contributed by atoms with Gasteiger partial charge < -0.3 is 5.32 Å². The summed E-state index contributed by atoms with van der Waals surface area (Å²) in [6, 6.07) is 7.45. The van der Waals surface area contributed by atoms with Gasteiger partial charge in [-0.2, -0.15) is 5.26 Å². The number of imide groups is 1. The van der Waals surface area contributed by atoms with Crippen molar-refractivity contribution in [2.24, 2.45) is 5.92 Å². The largest absolute Gasteiger partial charge is 0.329 e. The van der Waals surface area contributed by atoms with E-state index in [1.165, 1.54) is 0 Å². The summed E-state index contributed by atoms with van der Waals surface area (Å²) in [5.41, 5.74) is 0.978. The van der Waals surface area contributed by atoms with Gasteiger partial charge in [0.1, 0.15) is 6.04 Å². The molecule has 1 heterocycles. The molecule has 1 N–H and O–H groups in total. The second-order valence-electron chi connectivity index (χ2n) is 4.50. The minimum Gasteiger partial charge on any atom is -0.325 e. The van der Waals surface area contributed by atoms with E-state index in [1.54, 1.807) is 24.3 Å². The number of nitriles is 1. The third kappa shape index (κ3) is 1.93. The molecule has 1 aliphatic rings. The van der Waals surface area contributed by atoms with Crippen LogP contribution in [-0.2, 0) is 4.79 Å². The summed E-state index contributed by atoms with van der Waals surface area (Å²) in [5, 5.41) is 11.4. The first-order chi connectivity index (χ1) is 8.54. The van der Waals surface area contributed by atoms with E-state index in [0.717, 1.165) is 4.90 Å². The van der Waals surface area contributed by atoms with E-state index in [1.807, 2.05) is 19.9 Å². The minimum atomic E-state index is -0.479. The lowest BCUT2D eigenvalue weighted by atomic mass is 10.0. The Labute approximate surface area is 105 Å². The normalized spacial score (nSPS) is 19.0. The van der Waals surface area contributed by atoms with Crippen molar-refractivity contribution in [2.75, 3.05) is 4.90 Å². The first-order valence-corrected chi connectivity index (χ1v) is 5.69. The predicted octanol–water partition coefficient (Wildman–Crippen LogP) is 1.64. The minimum absolute atomic E-state index is 0.0461. The Bertz CT molecular complexity index is 528. The highest BCUT2D eigenvalue weighted by atomic mass is 16.2. The van der Waals surface area contributed by atoms with Crippen LogP contribution >= 0.6 is 0 Å². The Kier molecular flexibility index (Phi) is 3.02. The van der Waals surface area contributed by atoms with Gasteiger partial charge in [0, 0.05) is 0 Å². The second-order valence-corrected chi connectivity index (χ2v) is 4.50. The number of nitrogens with zero attached hydrogens (tertiary/aromatic N) is 2. The SMILES string of the molecule is CC(C)C1NC(=O)N(c2ccc(C#N)cc2)C1=O. The highest BCUT2D eigenvalue weighted by Crippen LogP contribution is 2.22. The number of carbonyl (C=O) groups is 2. The molecule has 0 bridgehead atoms. The Morgan fingerprint density at radius 1 is 1.28 bits per heavy atom. The van der Waals surface area contributed by atoms with Crippen LogP contribution in [0.3, 0.4) is 0 Å². The van der Waals surface area contributed by atoms with Crippen LogP contribution in [0.1, 0.15) is 19.4 Å². The molecule has 1 aromatic rings. The van der Waals surface area contributed by atoms with Gasteiger partial charge in [-0.15, -0.1) is 0 Å². The Hall–Kier alpha value is -2.35. The maximum Gasteiger partial charge on any atom is 0.329 e. The average Bonchev–Trinajstić information content (AvgIpc) is 2.65. The zero-order valence-electron chi connectivity index (χ0n) is 10.2. The van der Waals surface area contributed by atoms with Gasteiger partial charge in [0.15, 0.2) is 0 Å². The van der Waals surface area contributed by atoms with Gasteiger partial charge in [0.2, 0.25) is 0 Å². The molecule has 5 nitrogen and oxygen atoms in total. The van der Waals surface area contributed by atoms with E-state index < -0.39 is 12.1 Å². The lowest BCUT2D eigenvalue weighted by Gasteiger charge is -2.14. The fraction of sp³-hybridized carbons (Fsp3) is 0.308. The van der Waals surface area contributed by atoms with Crippen LogP contribution in [0, 0.1) is 17.2 Å². The zero-order valence-corrected chi connectivity index (χ0v) is 10.2. The van der Waals surface area contributed by atoms with Gasteiger partial charge in [0.05, 0.1) is 17.3 Å². The molecule has 1 fully saturated rings. The van der Waals surface area contributed by atoms with Crippen LogP contribution in [0.2, 0.25) is 0 Å². The molecule has 5 heteroatoms. The first kappa shape index (κ1) is 12.1. The summed E-state index contributed by atoms with van der Waals surface area (Å²) in [7, 11) is 0. The smallest absolute Gasteiger partial charge is 0.325 e. The van der Waals surface area contributed by atoms with Crippen LogP contribution in [-0.4, -0.2) is 18.0 Å². The molecule has 1 unspecified atom stereocenters. The lowest BCUT2D eigenvalue weighted by Crippen LogP contribution is -2.34. The van der Waals surface area contributed by atoms with Crippen molar-refractivity contribution >= 4 is 17.6 Å². The first-order valence-electron chi connectivity index (χ1n) is 5.69. The van der Waals surface area contributed by atoms with Gasteiger partial charge in [0.25, 0.3) is 5.91 Å². The average molecular weight is 243 g/mol. The molecule has 0 aromatic heterocycles. The third-order valence-electron chi connectivity index (χ3n) is 2.89.